The molecule has 1 atom stereocenters. The van der Waals surface area contributed by atoms with Crippen molar-refractivity contribution in [1.29, 1.82) is 0 Å². The highest BCUT2D eigenvalue weighted by Crippen LogP contribution is 2.16. The number of benzene rings is 1. The van der Waals surface area contributed by atoms with Gasteiger partial charge in [-0.25, -0.2) is 0 Å². The van der Waals surface area contributed by atoms with Crippen LogP contribution in [0.25, 0.3) is 0 Å². The molecule has 106 valence electrons. The first-order chi connectivity index (χ1) is 9.15. The summed E-state index contributed by atoms with van der Waals surface area (Å²) in [4.78, 5) is 11.6. The van der Waals surface area contributed by atoms with Gasteiger partial charge in [0.25, 0.3) is 0 Å². The summed E-state index contributed by atoms with van der Waals surface area (Å²) < 4.78 is 11.3. The van der Waals surface area contributed by atoms with Gasteiger partial charge in [-0.1, -0.05) is 15.9 Å². The van der Waals surface area contributed by atoms with Crippen LogP contribution in [0.5, 0.6) is 5.75 Å². The largest absolute Gasteiger partial charge is 0.493 e. The van der Waals surface area contributed by atoms with E-state index < -0.39 is 0 Å². The first-order valence-corrected chi connectivity index (χ1v) is 6.72. The van der Waals surface area contributed by atoms with Gasteiger partial charge in [0, 0.05) is 11.6 Å². The molecule has 19 heavy (non-hydrogen) atoms. The third kappa shape index (κ3) is 6.56. The lowest BCUT2D eigenvalue weighted by molar-refractivity contribution is -0.123. The van der Waals surface area contributed by atoms with Crippen molar-refractivity contribution < 1.29 is 19.4 Å². The van der Waals surface area contributed by atoms with Crippen molar-refractivity contribution in [2.24, 2.45) is 0 Å². The van der Waals surface area contributed by atoms with E-state index in [0.717, 1.165) is 4.47 Å². The van der Waals surface area contributed by atoms with E-state index >= 15 is 0 Å². The Hall–Kier alpha value is -1.11. The molecule has 1 rings (SSSR count). The van der Waals surface area contributed by atoms with Crippen LogP contribution in [0, 0.1) is 0 Å². The maximum Gasteiger partial charge on any atom is 0.223 e. The van der Waals surface area contributed by atoms with Crippen LogP contribution in [0.2, 0.25) is 0 Å². The van der Waals surface area contributed by atoms with E-state index in [1.807, 2.05) is 24.3 Å². The number of carbonyl (C=O) groups is 1. The molecule has 0 aliphatic rings. The Balaban J connectivity index is 2.24. The number of carbonyl (C=O) groups excluding carboxylic acids is 1. The van der Waals surface area contributed by atoms with Crippen LogP contribution in [0.15, 0.2) is 28.7 Å². The Morgan fingerprint density at radius 1 is 1.42 bits per heavy atom. The van der Waals surface area contributed by atoms with E-state index in [2.05, 4.69) is 21.2 Å². The van der Waals surface area contributed by atoms with E-state index in [9.17, 15) is 4.79 Å². The second-order valence-electron chi connectivity index (χ2n) is 3.95. The third-order valence-corrected chi connectivity index (χ3v) is 2.89. The van der Waals surface area contributed by atoms with Gasteiger partial charge in [0.05, 0.1) is 32.3 Å². The molecule has 5 nitrogen and oxygen atoms in total. The second kappa shape index (κ2) is 8.90. The van der Waals surface area contributed by atoms with Crippen LogP contribution in [0.4, 0.5) is 0 Å². The van der Waals surface area contributed by atoms with Crippen LogP contribution in [-0.2, 0) is 9.53 Å². The fourth-order valence-electron chi connectivity index (χ4n) is 1.43. The Morgan fingerprint density at radius 2 is 2.11 bits per heavy atom. The summed E-state index contributed by atoms with van der Waals surface area (Å²) in [6.07, 6.45) is 0.232. The molecule has 0 heterocycles. The monoisotopic (exact) mass is 331 g/mol. The van der Waals surface area contributed by atoms with Crippen LogP contribution in [-0.4, -0.2) is 44.0 Å². The van der Waals surface area contributed by atoms with Crippen LogP contribution in [0.1, 0.15) is 6.42 Å². The highest BCUT2D eigenvalue weighted by Gasteiger charge is 2.10. The van der Waals surface area contributed by atoms with Crippen molar-refractivity contribution in [1.82, 2.24) is 5.32 Å². The molecule has 0 saturated heterocycles. The summed E-state index contributed by atoms with van der Waals surface area (Å²) in [5.41, 5.74) is 0. The molecule has 0 aliphatic heterocycles. The molecular weight excluding hydrogens is 314 g/mol. The molecule has 0 bridgehead atoms. The molecule has 1 amide bonds. The fraction of sp³-hybridized carbons (Fsp3) is 0.462. The van der Waals surface area contributed by atoms with Gasteiger partial charge in [0.2, 0.25) is 5.91 Å². The quantitative estimate of drug-likeness (QED) is 0.754. The van der Waals surface area contributed by atoms with Gasteiger partial charge in [-0.15, -0.1) is 0 Å². The van der Waals surface area contributed by atoms with Gasteiger partial charge in [-0.05, 0) is 24.3 Å². The predicted octanol–water partition coefficient (Wildman–Crippen LogP) is 1.34. The lowest BCUT2D eigenvalue weighted by Crippen LogP contribution is -2.41. The number of ether oxygens (including phenoxy) is 2. The van der Waals surface area contributed by atoms with Crippen molar-refractivity contribution in [2.45, 2.75) is 12.5 Å². The lowest BCUT2D eigenvalue weighted by Gasteiger charge is -2.15. The highest BCUT2D eigenvalue weighted by atomic mass is 79.9. The molecule has 2 N–H and O–H groups in total. The number of rotatable bonds is 8. The topological polar surface area (TPSA) is 67.8 Å². The minimum atomic E-state index is -0.370. The van der Waals surface area contributed by atoms with Crippen molar-refractivity contribution in [3.63, 3.8) is 0 Å². The summed E-state index contributed by atoms with van der Waals surface area (Å²) in [5.74, 6) is 0.541. The molecular formula is C13H18BrNO4. The van der Waals surface area contributed by atoms with Crippen LogP contribution in [0.3, 0.4) is 0 Å². The third-order valence-electron chi connectivity index (χ3n) is 2.36. The van der Waals surface area contributed by atoms with Crippen molar-refractivity contribution in [2.75, 3.05) is 26.9 Å². The van der Waals surface area contributed by atoms with Gasteiger partial charge in [-0.3, -0.25) is 4.79 Å². The standard InChI is InChI=1S/C13H18BrNO4/c1-18-9-11(8-16)15-13(17)6-7-19-12-4-2-10(14)3-5-12/h2-5,11,16H,6-9H2,1H3,(H,15,17). The lowest BCUT2D eigenvalue weighted by atomic mass is 10.3. The normalized spacial score (nSPS) is 11.9. The van der Waals surface area contributed by atoms with E-state index in [1.165, 1.54) is 7.11 Å². The number of hydrogen-bond donors (Lipinski definition) is 2. The molecule has 0 radical (unpaired) electrons. The number of aliphatic hydroxyl groups is 1. The minimum absolute atomic E-state index is 0.146. The Bertz CT molecular complexity index is 383. The van der Waals surface area contributed by atoms with Crippen LogP contribution >= 0.6 is 15.9 Å². The molecule has 6 heteroatoms. The summed E-state index contributed by atoms with van der Waals surface area (Å²) in [5, 5.41) is 11.7. The van der Waals surface area contributed by atoms with Gasteiger partial charge in [0.1, 0.15) is 5.75 Å². The first-order valence-electron chi connectivity index (χ1n) is 5.93. The van der Waals surface area contributed by atoms with Crippen molar-refractivity contribution >= 4 is 21.8 Å². The summed E-state index contributed by atoms with van der Waals surface area (Å²) >= 11 is 3.33. The number of halogens is 1. The maximum absolute atomic E-state index is 11.6. The minimum Gasteiger partial charge on any atom is -0.493 e. The molecule has 1 unspecified atom stereocenters. The van der Waals surface area contributed by atoms with Gasteiger partial charge < -0.3 is 19.9 Å². The van der Waals surface area contributed by atoms with Gasteiger partial charge in [-0.2, -0.15) is 0 Å². The molecule has 1 aromatic rings. The Kier molecular flexibility index (Phi) is 7.47. The number of hydrogen-bond acceptors (Lipinski definition) is 4. The molecule has 0 spiro atoms. The second-order valence-corrected chi connectivity index (χ2v) is 4.87. The molecule has 0 aromatic heterocycles. The molecule has 0 saturated carbocycles. The van der Waals surface area contributed by atoms with E-state index in [0.29, 0.717) is 12.4 Å². The van der Waals surface area contributed by atoms with E-state index in [-0.39, 0.29) is 31.6 Å². The predicted molar refractivity (Wildman–Crippen MR) is 75.1 cm³/mol. The highest BCUT2D eigenvalue weighted by molar-refractivity contribution is 9.10. The first kappa shape index (κ1) is 15.9. The molecule has 0 fully saturated rings. The summed E-state index contributed by atoms with van der Waals surface area (Å²) in [7, 11) is 1.52. The number of methoxy groups -OCH3 is 1. The zero-order chi connectivity index (χ0) is 14.1. The van der Waals surface area contributed by atoms with E-state index in [4.69, 9.17) is 14.6 Å². The Morgan fingerprint density at radius 3 is 2.68 bits per heavy atom. The van der Waals surface area contributed by atoms with Crippen LogP contribution < -0.4 is 10.1 Å². The zero-order valence-electron chi connectivity index (χ0n) is 10.8. The number of nitrogens with one attached hydrogen (secondary N) is 1. The average molecular weight is 332 g/mol. The maximum atomic E-state index is 11.6. The van der Waals surface area contributed by atoms with Gasteiger partial charge >= 0.3 is 0 Å². The Labute approximate surface area is 121 Å². The summed E-state index contributed by atoms with van der Waals surface area (Å²) in [6, 6.07) is 7.02. The molecule has 1 aromatic carbocycles. The summed E-state index contributed by atoms with van der Waals surface area (Å²) in [6.45, 7) is 0.432. The molecule has 0 aliphatic carbocycles. The van der Waals surface area contributed by atoms with Crippen molar-refractivity contribution in [3.05, 3.63) is 28.7 Å². The van der Waals surface area contributed by atoms with E-state index in [1.54, 1.807) is 0 Å². The fourth-order valence-corrected chi connectivity index (χ4v) is 1.70. The average Bonchev–Trinajstić information content (AvgIpc) is 2.40. The zero-order valence-corrected chi connectivity index (χ0v) is 12.4. The van der Waals surface area contributed by atoms with Crippen molar-refractivity contribution in [3.8, 4) is 5.75 Å². The SMILES string of the molecule is COCC(CO)NC(=O)CCOc1ccc(Br)cc1. The number of amides is 1. The van der Waals surface area contributed by atoms with Gasteiger partial charge in [0.15, 0.2) is 0 Å². The smallest absolute Gasteiger partial charge is 0.223 e. The number of aliphatic hydroxyl groups excluding tert-OH is 1.